The summed E-state index contributed by atoms with van der Waals surface area (Å²) in [5.74, 6) is 0.651. The normalized spacial score (nSPS) is 18.3. The molecule has 3 rings (SSSR count). The first kappa shape index (κ1) is 14.1. The van der Waals surface area contributed by atoms with E-state index in [-0.39, 0.29) is 0 Å². The summed E-state index contributed by atoms with van der Waals surface area (Å²) in [4.78, 5) is 0. The maximum atomic E-state index is 5.50. The summed E-state index contributed by atoms with van der Waals surface area (Å²) in [7, 11) is 2.07. The zero-order chi connectivity index (χ0) is 13.9. The van der Waals surface area contributed by atoms with Crippen molar-refractivity contribution in [2.75, 3.05) is 20.3 Å². The Morgan fingerprint density at radius 2 is 1.80 bits per heavy atom. The van der Waals surface area contributed by atoms with Crippen molar-refractivity contribution >= 4 is 26.7 Å². The average molecular weight is 334 g/mol. The van der Waals surface area contributed by atoms with Crippen LogP contribution in [0.2, 0.25) is 0 Å². The predicted octanol–water partition coefficient (Wildman–Crippen LogP) is 4.29. The highest BCUT2D eigenvalue weighted by Crippen LogP contribution is 2.36. The Balaban J connectivity index is 2.05. The number of fused-ring (bicyclic) bond motifs is 1. The lowest BCUT2D eigenvalue weighted by molar-refractivity contribution is 0.0548. The molecule has 0 bridgehead atoms. The van der Waals surface area contributed by atoms with Gasteiger partial charge in [0.25, 0.3) is 0 Å². The Hall–Kier alpha value is -0.900. The third-order valence-electron chi connectivity index (χ3n) is 4.29. The highest BCUT2D eigenvalue weighted by molar-refractivity contribution is 9.10. The van der Waals surface area contributed by atoms with Crippen molar-refractivity contribution in [2.45, 2.75) is 18.9 Å². The third-order valence-corrected chi connectivity index (χ3v) is 4.98. The van der Waals surface area contributed by atoms with Crippen molar-refractivity contribution in [3.05, 3.63) is 46.4 Å². The molecular weight excluding hydrogens is 314 g/mol. The van der Waals surface area contributed by atoms with Crippen molar-refractivity contribution in [1.29, 1.82) is 0 Å². The van der Waals surface area contributed by atoms with Gasteiger partial charge in [-0.15, -0.1) is 0 Å². The van der Waals surface area contributed by atoms with Gasteiger partial charge in [0.1, 0.15) is 0 Å². The molecule has 1 unspecified atom stereocenters. The molecule has 1 N–H and O–H groups in total. The maximum Gasteiger partial charge on any atom is 0.0469 e. The molecule has 1 aliphatic heterocycles. The number of ether oxygens (including phenoxy) is 1. The summed E-state index contributed by atoms with van der Waals surface area (Å²) in [5, 5.41) is 6.16. The number of nitrogens with one attached hydrogen (secondary N) is 1. The minimum Gasteiger partial charge on any atom is -0.381 e. The number of hydrogen-bond donors (Lipinski definition) is 1. The molecular formula is C17H20BrNO. The van der Waals surface area contributed by atoms with Crippen LogP contribution in [0.3, 0.4) is 0 Å². The minimum absolute atomic E-state index is 0.400. The largest absolute Gasteiger partial charge is 0.381 e. The Morgan fingerprint density at radius 3 is 2.50 bits per heavy atom. The summed E-state index contributed by atoms with van der Waals surface area (Å²) in [6, 6.07) is 13.4. The third kappa shape index (κ3) is 2.62. The van der Waals surface area contributed by atoms with E-state index in [9.17, 15) is 0 Å². The van der Waals surface area contributed by atoms with Crippen molar-refractivity contribution in [3.63, 3.8) is 0 Å². The van der Waals surface area contributed by atoms with Crippen molar-refractivity contribution in [1.82, 2.24) is 5.32 Å². The molecule has 1 heterocycles. The number of rotatable bonds is 3. The summed E-state index contributed by atoms with van der Waals surface area (Å²) >= 11 is 3.66. The molecule has 0 aliphatic carbocycles. The molecule has 2 aromatic rings. The van der Waals surface area contributed by atoms with E-state index >= 15 is 0 Å². The van der Waals surface area contributed by atoms with Crippen LogP contribution in [-0.4, -0.2) is 20.3 Å². The van der Waals surface area contributed by atoms with Crippen LogP contribution >= 0.6 is 15.9 Å². The zero-order valence-electron chi connectivity index (χ0n) is 11.7. The van der Waals surface area contributed by atoms with Gasteiger partial charge in [-0.1, -0.05) is 46.3 Å². The fourth-order valence-corrected chi connectivity index (χ4v) is 3.73. The number of benzene rings is 2. The summed E-state index contributed by atoms with van der Waals surface area (Å²) < 4.78 is 6.67. The van der Waals surface area contributed by atoms with Gasteiger partial charge in [0.15, 0.2) is 0 Å². The highest BCUT2D eigenvalue weighted by Gasteiger charge is 2.25. The molecule has 2 nitrogen and oxygen atoms in total. The van der Waals surface area contributed by atoms with Gasteiger partial charge in [0.05, 0.1) is 0 Å². The van der Waals surface area contributed by atoms with Gasteiger partial charge >= 0.3 is 0 Å². The van der Waals surface area contributed by atoms with E-state index in [1.165, 1.54) is 20.8 Å². The second kappa shape index (κ2) is 6.25. The maximum absolute atomic E-state index is 5.50. The number of halogens is 1. The molecule has 0 saturated carbocycles. The smallest absolute Gasteiger partial charge is 0.0469 e. The number of hydrogen-bond acceptors (Lipinski definition) is 2. The van der Waals surface area contributed by atoms with Crippen LogP contribution in [0.1, 0.15) is 24.4 Å². The SMILES string of the molecule is CNC(c1ccc(Br)c2ccccc12)C1CCOCC1. The predicted molar refractivity (Wildman–Crippen MR) is 87.0 cm³/mol. The quantitative estimate of drug-likeness (QED) is 0.904. The molecule has 1 atom stereocenters. The summed E-state index contributed by atoms with van der Waals surface area (Å²) in [5.41, 5.74) is 1.40. The minimum atomic E-state index is 0.400. The monoisotopic (exact) mass is 333 g/mol. The van der Waals surface area contributed by atoms with Crippen LogP contribution in [0.15, 0.2) is 40.9 Å². The van der Waals surface area contributed by atoms with Crippen LogP contribution in [0.25, 0.3) is 10.8 Å². The lowest BCUT2D eigenvalue weighted by Gasteiger charge is -2.31. The van der Waals surface area contributed by atoms with Crippen LogP contribution in [-0.2, 0) is 4.74 Å². The topological polar surface area (TPSA) is 21.3 Å². The highest BCUT2D eigenvalue weighted by atomic mass is 79.9. The Kier molecular flexibility index (Phi) is 4.39. The molecule has 2 aromatic carbocycles. The molecule has 0 aromatic heterocycles. The molecule has 3 heteroatoms. The van der Waals surface area contributed by atoms with Crippen LogP contribution in [0, 0.1) is 5.92 Å². The van der Waals surface area contributed by atoms with Crippen molar-refractivity contribution in [2.24, 2.45) is 5.92 Å². The van der Waals surface area contributed by atoms with E-state index in [1.807, 2.05) is 0 Å². The van der Waals surface area contributed by atoms with E-state index in [1.54, 1.807) is 0 Å². The van der Waals surface area contributed by atoms with Crippen LogP contribution in [0.4, 0.5) is 0 Å². The van der Waals surface area contributed by atoms with Crippen molar-refractivity contribution in [3.8, 4) is 0 Å². The van der Waals surface area contributed by atoms with E-state index in [2.05, 4.69) is 64.7 Å². The van der Waals surface area contributed by atoms with Crippen LogP contribution in [0.5, 0.6) is 0 Å². The van der Waals surface area contributed by atoms with Gasteiger partial charge in [-0.05, 0) is 48.2 Å². The molecule has 20 heavy (non-hydrogen) atoms. The first-order valence-corrected chi connectivity index (χ1v) is 8.02. The zero-order valence-corrected chi connectivity index (χ0v) is 13.3. The van der Waals surface area contributed by atoms with Gasteiger partial charge in [0, 0.05) is 23.7 Å². The van der Waals surface area contributed by atoms with Gasteiger partial charge in [0.2, 0.25) is 0 Å². The fourth-order valence-electron chi connectivity index (χ4n) is 3.25. The van der Waals surface area contributed by atoms with E-state index in [4.69, 9.17) is 4.74 Å². The van der Waals surface area contributed by atoms with Gasteiger partial charge in [-0.3, -0.25) is 0 Å². The van der Waals surface area contributed by atoms with E-state index in [0.717, 1.165) is 26.1 Å². The van der Waals surface area contributed by atoms with Crippen molar-refractivity contribution < 1.29 is 4.74 Å². The summed E-state index contributed by atoms with van der Waals surface area (Å²) in [6.45, 7) is 1.77. The van der Waals surface area contributed by atoms with Crippen LogP contribution < -0.4 is 5.32 Å². The Labute approximate surface area is 128 Å². The molecule has 0 spiro atoms. The fraction of sp³-hybridized carbons (Fsp3) is 0.412. The van der Waals surface area contributed by atoms with E-state index in [0.29, 0.717) is 12.0 Å². The molecule has 1 fully saturated rings. The Bertz CT molecular complexity index is 593. The molecule has 1 aliphatic rings. The lowest BCUT2D eigenvalue weighted by Crippen LogP contribution is -2.30. The first-order chi connectivity index (χ1) is 9.81. The lowest BCUT2D eigenvalue weighted by atomic mass is 9.85. The average Bonchev–Trinajstić information content (AvgIpc) is 2.52. The molecule has 0 radical (unpaired) electrons. The van der Waals surface area contributed by atoms with E-state index < -0.39 is 0 Å². The summed E-state index contributed by atoms with van der Waals surface area (Å²) in [6.07, 6.45) is 2.27. The van der Waals surface area contributed by atoms with Gasteiger partial charge in [-0.2, -0.15) is 0 Å². The van der Waals surface area contributed by atoms with Gasteiger partial charge in [-0.25, -0.2) is 0 Å². The standard InChI is InChI=1S/C17H20BrNO/c1-19-17(12-8-10-20-11-9-12)15-6-7-16(18)14-5-3-2-4-13(14)15/h2-7,12,17,19H,8-11H2,1H3. The molecule has 0 amide bonds. The van der Waals surface area contributed by atoms with Gasteiger partial charge < -0.3 is 10.1 Å². The second-order valence-corrected chi connectivity index (χ2v) is 6.25. The second-order valence-electron chi connectivity index (χ2n) is 5.40. The first-order valence-electron chi connectivity index (χ1n) is 7.23. The molecule has 106 valence electrons. The molecule has 1 saturated heterocycles. The Morgan fingerprint density at radius 1 is 1.10 bits per heavy atom.